The Morgan fingerprint density at radius 1 is 1.29 bits per heavy atom. The van der Waals surface area contributed by atoms with E-state index >= 15 is 0 Å². The molecule has 112 valence electrons. The third kappa shape index (κ3) is 3.22. The molecule has 8 heteroatoms. The highest BCUT2D eigenvalue weighted by atomic mass is 16.6. The lowest BCUT2D eigenvalue weighted by atomic mass is 10.2. The average molecular weight is 293 g/mol. The second-order valence-electron chi connectivity index (χ2n) is 4.27. The molecule has 0 fully saturated rings. The Bertz CT molecular complexity index is 653. The fourth-order valence-corrected chi connectivity index (χ4v) is 1.84. The van der Waals surface area contributed by atoms with Gasteiger partial charge in [-0.3, -0.25) is 10.1 Å². The van der Waals surface area contributed by atoms with E-state index in [-0.39, 0.29) is 12.2 Å². The van der Waals surface area contributed by atoms with Gasteiger partial charge in [0, 0.05) is 12.1 Å². The van der Waals surface area contributed by atoms with Gasteiger partial charge in [-0.05, 0) is 6.92 Å². The minimum Gasteiger partial charge on any atom is -0.493 e. The predicted octanol–water partition coefficient (Wildman–Crippen LogP) is 2.52. The summed E-state index contributed by atoms with van der Waals surface area (Å²) in [5.41, 5.74) is 0.948. The molecule has 0 saturated heterocycles. The molecular formula is C13H15N3O5. The Hall–Kier alpha value is -2.77. The van der Waals surface area contributed by atoms with Crippen LogP contribution in [0.4, 0.5) is 11.4 Å². The summed E-state index contributed by atoms with van der Waals surface area (Å²) in [6.45, 7) is 2.07. The normalized spacial score (nSPS) is 10.2. The molecule has 2 aromatic rings. The van der Waals surface area contributed by atoms with Crippen molar-refractivity contribution in [2.24, 2.45) is 0 Å². The number of nitrogens with zero attached hydrogens (tertiary/aromatic N) is 2. The molecule has 0 bridgehead atoms. The molecule has 0 radical (unpaired) electrons. The Morgan fingerprint density at radius 2 is 1.95 bits per heavy atom. The number of hydrogen-bond acceptors (Lipinski definition) is 7. The highest BCUT2D eigenvalue weighted by molar-refractivity contribution is 5.68. The van der Waals surface area contributed by atoms with Crippen molar-refractivity contribution in [3.05, 3.63) is 39.8 Å². The van der Waals surface area contributed by atoms with E-state index in [9.17, 15) is 10.1 Å². The zero-order chi connectivity index (χ0) is 15.4. The van der Waals surface area contributed by atoms with E-state index in [2.05, 4.69) is 10.5 Å². The zero-order valence-corrected chi connectivity index (χ0v) is 11.9. The van der Waals surface area contributed by atoms with Crippen LogP contribution in [-0.4, -0.2) is 24.3 Å². The van der Waals surface area contributed by atoms with Crippen LogP contribution in [0.2, 0.25) is 0 Å². The van der Waals surface area contributed by atoms with Crippen LogP contribution in [-0.2, 0) is 6.54 Å². The SMILES string of the molecule is COc1cc(NCc2cc(C)no2)c([N+](=O)[O-])cc1OC. The van der Waals surface area contributed by atoms with Gasteiger partial charge < -0.3 is 19.3 Å². The first kappa shape index (κ1) is 14.6. The van der Waals surface area contributed by atoms with E-state index in [1.165, 1.54) is 26.4 Å². The number of ether oxygens (including phenoxy) is 2. The van der Waals surface area contributed by atoms with Gasteiger partial charge in [-0.2, -0.15) is 0 Å². The summed E-state index contributed by atoms with van der Waals surface area (Å²) in [6, 6.07) is 4.58. The second kappa shape index (κ2) is 6.12. The Labute approximate surface area is 120 Å². The van der Waals surface area contributed by atoms with Crippen molar-refractivity contribution in [3.8, 4) is 11.5 Å². The molecule has 1 aromatic heterocycles. The monoisotopic (exact) mass is 293 g/mol. The van der Waals surface area contributed by atoms with Crippen LogP contribution < -0.4 is 14.8 Å². The molecule has 0 aliphatic carbocycles. The number of aryl methyl sites for hydroxylation is 1. The first-order valence-corrected chi connectivity index (χ1v) is 6.11. The number of methoxy groups -OCH3 is 2. The number of anilines is 1. The van der Waals surface area contributed by atoms with Gasteiger partial charge in [-0.15, -0.1) is 0 Å². The molecule has 0 aliphatic heterocycles. The standard InChI is InChI=1S/C13H15N3O5/c1-8-4-9(21-15-8)7-14-10-5-12(19-2)13(20-3)6-11(10)16(17)18/h4-6,14H,7H2,1-3H3. The van der Waals surface area contributed by atoms with Crippen molar-refractivity contribution in [1.29, 1.82) is 0 Å². The highest BCUT2D eigenvalue weighted by Gasteiger charge is 2.19. The maximum absolute atomic E-state index is 11.1. The summed E-state index contributed by atoms with van der Waals surface area (Å²) in [5.74, 6) is 1.28. The van der Waals surface area contributed by atoms with E-state index in [0.29, 0.717) is 22.9 Å². The number of nitro benzene ring substituents is 1. The van der Waals surface area contributed by atoms with E-state index in [1.807, 2.05) is 0 Å². The molecule has 0 atom stereocenters. The first-order chi connectivity index (χ1) is 10.0. The van der Waals surface area contributed by atoms with Crippen molar-refractivity contribution < 1.29 is 18.9 Å². The third-order valence-corrected chi connectivity index (χ3v) is 2.83. The van der Waals surface area contributed by atoms with E-state index in [0.717, 1.165) is 5.69 Å². The summed E-state index contributed by atoms with van der Waals surface area (Å²) in [7, 11) is 2.89. The van der Waals surface area contributed by atoms with Crippen LogP contribution in [0, 0.1) is 17.0 Å². The predicted molar refractivity (Wildman–Crippen MR) is 74.8 cm³/mol. The van der Waals surface area contributed by atoms with Crippen molar-refractivity contribution in [3.63, 3.8) is 0 Å². The molecule has 0 amide bonds. The topological polar surface area (TPSA) is 99.7 Å². The van der Waals surface area contributed by atoms with Gasteiger partial charge in [-0.25, -0.2) is 0 Å². The smallest absolute Gasteiger partial charge is 0.296 e. The van der Waals surface area contributed by atoms with Crippen LogP contribution >= 0.6 is 0 Å². The Morgan fingerprint density at radius 3 is 2.48 bits per heavy atom. The first-order valence-electron chi connectivity index (χ1n) is 6.11. The lowest BCUT2D eigenvalue weighted by Gasteiger charge is -2.11. The summed E-state index contributed by atoms with van der Waals surface area (Å²) in [4.78, 5) is 10.6. The van der Waals surface area contributed by atoms with Gasteiger partial charge >= 0.3 is 0 Å². The van der Waals surface area contributed by atoms with Gasteiger partial charge in [-0.1, -0.05) is 5.16 Å². The van der Waals surface area contributed by atoms with Crippen LogP contribution in [0.5, 0.6) is 11.5 Å². The molecule has 0 aliphatic rings. The van der Waals surface area contributed by atoms with Gasteiger partial charge in [0.25, 0.3) is 5.69 Å². The van der Waals surface area contributed by atoms with Crippen LogP contribution in [0.25, 0.3) is 0 Å². The molecule has 8 nitrogen and oxygen atoms in total. The van der Waals surface area contributed by atoms with E-state index in [4.69, 9.17) is 14.0 Å². The summed E-state index contributed by atoms with van der Waals surface area (Å²) >= 11 is 0. The van der Waals surface area contributed by atoms with Crippen LogP contribution in [0.15, 0.2) is 22.7 Å². The lowest BCUT2D eigenvalue weighted by molar-refractivity contribution is -0.384. The van der Waals surface area contributed by atoms with Gasteiger partial charge in [0.15, 0.2) is 17.3 Å². The number of rotatable bonds is 6. The molecule has 0 spiro atoms. The number of nitrogens with one attached hydrogen (secondary N) is 1. The van der Waals surface area contributed by atoms with Gasteiger partial charge in [0.2, 0.25) is 0 Å². The highest BCUT2D eigenvalue weighted by Crippen LogP contribution is 2.37. The number of aromatic nitrogens is 1. The van der Waals surface area contributed by atoms with Crippen molar-refractivity contribution in [2.75, 3.05) is 19.5 Å². The molecule has 0 unspecified atom stereocenters. The number of nitro groups is 1. The van der Waals surface area contributed by atoms with Crippen LogP contribution in [0.3, 0.4) is 0 Å². The fourth-order valence-electron chi connectivity index (χ4n) is 1.84. The molecule has 1 heterocycles. The quantitative estimate of drug-likeness (QED) is 0.645. The van der Waals surface area contributed by atoms with Gasteiger partial charge in [0.1, 0.15) is 5.69 Å². The van der Waals surface area contributed by atoms with Crippen molar-refractivity contribution in [2.45, 2.75) is 13.5 Å². The second-order valence-corrected chi connectivity index (χ2v) is 4.27. The zero-order valence-electron chi connectivity index (χ0n) is 11.9. The average Bonchev–Trinajstić information content (AvgIpc) is 2.89. The molecule has 2 rings (SSSR count). The number of benzene rings is 1. The van der Waals surface area contributed by atoms with Gasteiger partial charge in [0.05, 0.1) is 37.4 Å². The maximum atomic E-state index is 11.1. The molecule has 0 saturated carbocycles. The lowest BCUT2D eigenvalue weighted by Crippen LogP contribution is -2.03. The molecule has 1 N–H and O–H groups in total. The molecule has 1 aromatic carbocycles. The minimum atomic E-state index is -0.490. The molecular weight excluding hydrogens is 278 g/mol. The Kier molecular flexibility index (Phi) is 4.27. The summed E-state index contributed by atoms with van der Waals surface area (Å²) in [5, 5.41) is 17.8. The van der Waals surface area contributed by atoms with Crippen molar-refractivity contribution >= 4 is 11.4 Å². The summed E-state index contributed by atoms with van der Waals surface area (Å²) in [6.07, 6.45) is 0. The van der Waals surface area contributed by atoms with Crippen molar-refractivity contribution in [1.82, 2.24) is 5.16 Å². The largest absolute Gasteiger partial charge is 0.493 e. The van der Waals surface area contributed by atoms with Crippen LogP contribution in [0.1, 0.15) is 11.5 Å². The Balaban J connectivity index is 2.29. The van der Waals surface area contributed by atoms with E-state index in [1.54, 1.807) is 13.0 Å². The third-order valence-electron chi connectivity index (χ3n) is 2.83. The fraction of sp³-hybridized carbons (Fsp3) is 0.308. The molecule has 21 heavy (non-hydrogen) atoms. The number of hydrogen-bond donors (Lipinski definition) is 1. The van der Waals surface area contributed by atoms with E-state index < -0.39 is 4.92 Å². The maximum Gasteiger partial charge on any atom is 0.296 e. The summed E-state index contributed by atoms with van der Waals surface area (Å²) < 4.78 is 15.3. The minimum absolute atomic E-state index is 0.108.